The fourth-order valence-electron chi connectivity index (χ4n) is 1.30. The molecule has 0 fully saturated rings. The van der Waals surface area contributed by atoms with Crippen LogP contribution in [0.4, 0.5) is 0 Å². The van der Waals surface area contributed by atoms with Gasteiger partial charge in [-0.3, -0.25) is 0 Å². The van der Waals surface area contributed by atoms with Crippen LogP contribution in [0, 0.1) is 0 Å². The molecule has 0 spiro atoms. The first-order valence-corrected chi connectivity index (χ1v) is 3.80. The van der Waals surface area contributed by atoms with E-state index in [0.29, 0.717) is 5.92 Å². The molecule has 1 aromatic carbocycles. The fraction of sp³-hybridized carbons (Fsp3) is 0.200. The number of fused-ring (bicyclic) bond motifs is 1. The van der Waals surface area contributed by atoms with Crippen LogP contribution in [0.15, 0.2) is 36.6 Å². The Morgan fingerprint density at radius 3 is 2.91 bits per heavy atom. The summed E-state index contributed by atoms with van der Waals surface area (Å²) in [6, 6.07) is 8.13. The van der Waals surface area contributed by atoms with Gasteiger partial charge in [0.05, 0.1) is 6.26 Å². The predicted molar refractivity (Wildman–Crippen MR) is 44.6 cm³/mol. The minimum atomic E-state index is 0.486. The zero-order valence-corrected chi connectivity index (χ0v) is 6.45. The normalized spacial score (nSPS) is 20.6. The molecule has 1 aromatic rings. The minimum Gasteiger partial charge on any atom is -0.465 e. The van der Waals surface area contributed by atoms with Gasteiger partial charge < -0.3 is 4.74 Å². The first-order valence-electron chi connectivity index (χ1n) is 3.80. The third-order valence-corrected chi connectivity index (χ3v) is 1.97. The number of hydrogen-bond donors (Lipinski definition) is 0. The highest BCUT2D eigenvalue weighted by Crippen LogP contribution is 2.30. The van der Waals surface area contributed by atoms with Gasteiger partial charge >= 0.3 is 0 Å². The van der Waals surface area contributed by atoms with E-state index in [0.717, 1.165) is 5.75 Å². The summed E-state index contributed by atoms with van der Waals surface area (Å²) >= 11 is 0. The van der Waals surface area contributed by atoms with Crippen molar-refractivity contribution in [2.75, 3.05) is 0 Å². The summed E-state index contributed by atoms with van der Waals surface area (Å²) in [5, 5.41) is 0. The minimum absolute atomic E-state index is 0.486. The van der Waals surface area contributed by atoms with Crippen LogP contribution >= 0.6 is 0 Å². The van der Waals surface area contributed by atoms with Gasteiger partial charge in [0.2, 0.25) is 0 Å². The monoisotopic (exact) mass is 146 g/mol. The van der Waals surface area contributed by atoms with Crippen molar-refractivity contribution >= 4 is 0 Å². The van der Waals surface area contributed by atoms with Crippen molar-refractivity contribution in [2.45, 2.75) is 12.8 Å². The van der Waals surface area contributed by atoms with E-state index in [2.05, 4.69) is 19.1 Å². The molecule has 0 aromatic heterocycles. The summed E-state index contributed by atoms with van der Waals surface area (Å²) in [6.07, 6.45) is 3.81. The summed E-state index contributed by atoms with van der Waals surface area (Å²) in [4.78, 5) is 0. The molecule has 2 rings (SSSR count). The van der Waals surface area contributed by atoms with Crippen molar-refractivity contribution in [3.63, 3.8) is 0 Å². The van der Waals surface area contributed by atoms with Crippen LogP contribution in [0.3, 0.4) is 0 Å². The van der Waals surface area contributed by atoms with Gasteiger partial charge in [-0.25, -0.2) is 0 Å². The Balaban J connectivity index is 2.50. The molecule has 0 radical (unpaired) electrons. The van der Waals surface area contributed by atoms with Crippen LogP contribution in [-0.4, -0.2) is 0 Å². The van der Waals surface area contributed by atoms with Gasteiger partial charge in [-0.1, -0.05) is 25.1 Å². The smallest absolute Gasteiger partial charge is 0.130 e. The summed E-state index contributed by atoms with van der Waals surface area (Å²) in [5.74, 6) is 1.47. The van der Waals surface area contributed by atoms with Crippen LogP contribution < -0.4 is 4.74 Å². The van der Waals surface area contributed by atoms with Crippen molar-refractivity contribution in [3.05, 3.63) is 42.2 Å². The number of para-hydroxylation sites is 1. The molecule has 1 atom stereocenters. The lowest BCUT2D eigenvalue weighted by molar-refractivity contribution is 0.456. The van der Waals surface area contributed by atoms with E-state index in [4.69, 9.17) is 4.74 Å². The van der Waals surface area contributed by atoms with Gasteiger partial charge in [0.25, 0.3) is 0 Å². The predicted octanol–water partition coefficient (Wildman–Crippen LogP) is 2.70. The Morgan fingerprint density at radius 2 is 2.09 bits per heavy atom. The molecule has 0 N–H and O–H groups in total. The van der Waals surface area contributed by atoms with Crippen LogP contribution in [0.2, 0.25) is 0 Å². The van der Waals surface area contributed by atoms with Gasteiger partial charge in [0.15, 0.2) is 0 Å². The lowest BCUT2D eigenvalue weighted by atomic mass is 9.99. The highest BCUT2D eigenvalue weighted by molar-refractivity contribution is 5.40. The first-order chi connectivity index (χ1) is 5.38. The van der Waals surface area contributed by atoms with E-state index in [-0.39, 0.29) is 0 Å². The van der Waals surface area contributed by atoms with Crippen LogP contribution in [0.5, 0.6) is 5.75 Å². The number of benzene rings is 1. The molecule has 1 heteroatoms. The maximum absolute atomic E-state index is 5.31. The standard InChI is InChI=1S/C10H10O/c1-8-6-7-11-10-5-3-2-4-9(8)10/h2-8H,1H3/t8-/m0/s1. The van der Waals surface area contributed by atoms with Crippen molar-refractivity contribution < 1.29 is 4.74 Å². The second kappa shape index (κ2) is 2.42. The molecule has 0 aliphatic carbocycles. The van der Waals surface area contributed by atoms with Gasteiger partial charge in [0, 0.05) is 11.5 Å². The molecule has 11 heavy (non-hydrogen) atoms. The fourth-order valence-corrected chi connectivity index (χ4v) is 1.30. The van der Waals surface area contributed by atoms with Crippen molar-refractivity contribution in [3.8, 4) is 5.75 Å². The molecule has 0 saturated carbocycles. The third-order valence-electron chi connectivity index (χ3n) is 1.97. The highest BCUT2D eigenvalue weighted by atomic mass is 16.5. The Labute approximate surface area is 66.3 Å². The maximum Gasteiger partial charge on any atom is 0.130 e. The Morgan fingerprint density at radius 1 is 1.27 bits per heavy atom. The number of hydrogen-bond acceptors (Lipinski definition) is 1. The van der Waals surface area contributed by atoms with E-state index >= 15 is 0 Å². The topological polar surface area (TPSA) is 9.23 Å². The molecule has 0 saturated heterocycles. The van der Waals surface area contributed by atoms with Gasteiger partial charge in [-0.2, -0.15) is 0 Å². The second-order valence-corrected chi connectivity index (χ2v) is 2.77. The quantitative estimate of drug-likeness (QED) is 0.546. The van der Waals surface area contributed by atoms with Crippen molar-refractivity contribution in [2.24, 2.45) is 0 Å². The first kappa shape index (κ1) is 6.47. The molecule has 1 aliphatic heterocycles. The second-order valence-electron chi connectivity index (χ2n) is 2.77. The molecule has 1 heterocycles. The Bertz CT molecular complexity index is 289. The average Bonchev–Trinajstić information content (AvgIpc) is 2.06. The zero-order chi connectivity index (χ0) is 7.68. The lowest BCUT2D eigenvalue weighted by Crippen LogP contribution is -1.99. The molecule has 1 aliphatic rings. The SMILES string of the molecule is C[C@H]1C=COc2ccccc21. The number of allylic oxidation sites excluding steroid dienone is 1. The zero-order valence-electron chi connectivity index (χ0n) is 6.45. The van der Waals surface area contributed by atoms with E-state index in [1.807, 2.05) is 18.2 Å². The Hall–Kier alpha value is -1.24. The van der Waals surface area contributed by atoms with E-state index < -0.39 is 0 Å². The van der Waals surface area contributed by atoms with Crippen molar-refractivity contribution in [1.29, 1.82) is 0 Å². The average molecular weight is 146 g/mol. The summed E-state index contributed by atoms with van der Waals surface area (Å²) in [5.41, 5.74) is 1.27. The summed E-state index contributed by atoms with van der Waals surface area (Å²) in [7, 11) is 0. The lowest BCUT2D eigenvalue weighted by Gasteiger charge is -2.16. The highest BCUT2D eigenvalue weighted by Gasteiger charge is 2.11. The number of rotatable bonds is 0. The molecule has 1 nitrogen and oxygen atoms in total. The molecule has 0 bridgehead atoms. The van der Waals surface area contributed by atoms with Gasteiger partial charge in [-0.05, 0) is 12.1 Å². The van der Waals surface area contributed by atoms with Gasteiger partial charge in [0.1, 0.15) is 5.75 Å². The van der Waals surface area contributed by atoms with Gasteiger partial charge in [-0.15, -0.1) is 0 Å². The molecular weight excluding hydrogens is 136 g/mol. The molecule has 0 amide bonds. The summed E-state index contributed by atoms with van der Waals surface area (Å²) < 4.78 is 5.31. The molecule has 0 unspecified atom stereocenters. The Kier molecular flexibility index (Phi) is 1.42. The number of ether oxygens (including phenoxy) is 1. The van der Waals surface area contributed by atoms with E-state index in [1.54, 1.807) is 6.26 Å². The third kappa shape index (κ3) is 1.03. The van der Waals surface area contributed by atoms with E-state index in [9.17, 15) is 0 Å². The van der Waals surface area contributed by atoms with Crippen LogP contribution in [-0.2, 0) is 0 Å². The maximum atomic E-state index is 5.31. The van der Waals surface area contributed by atoms with E-state index in [1.165, 1.54) is 5.56 Å². The molecule has 56 valence electrons. The van der Waals surface area contributed by atoms with Crippen LogP contribution in [0.25, 0.3) is 0 Å². The largest absolute Gasteiger partial charge is 0.465 e. The summed E-state index contributed by atoms with van der Waals surface area (Å²) in [6.45, 7) is 2.16. The molecular formula is C10H10O. The van der Waals surface area contributed by atoms with Crippen molar-refractivity contribution in [1.82, 2.24) is 0 Å². The van der Waals surface area contributed by atoms with Crippen LogP contribution in [0.1, 0.15) is 18.4 Å².